The minimum atomic E-state index is -0.100. The van der Waals surface area contributed by atoms with Crippen molar-refractivity contribution >= 4 is 0 Å². The van der Waals surface area contributed by atoms with Crippen LogP contribution >= 0.6 is 0 Å². The van der Waals surface area contributed by atoms with Crippen molar-refractivity contribution in [3.8, 4) is 0 Å². The lowest BCUT2D eigenvalue weighted by atomic mass is 10.2. The fourth-order valence-electron chi connectivity index (χ4n) is 0.789. The Morgan fingerprint density at radius 2 is 2.55 bits per heavy atom. The maximum atomic E-state index is 8.78. The molecule has 0 aliphatic carbocycles. The third-order valence-electron chi connectivity index (χ3n) is 1.55. The van der Waals surface area contributed by atoms with Gasteiger partial charge in [0, 0.05) is 0 Å². The number of hydrogen-bond donors (Lipinski definition) is 1. The van der Waals surface area contributed by atoms with Crippen LogP contribution in [0, 0.1) is 0 Å². The molecular formula is C8H14O3. The molecule has 64 valence electrons. The molecule has 1 saturated heterocycles. The van der Waals surface area contributed by atoms with Gasteiger partial charge in [-0.2, -0.15) is 0 Å². The average Bonchev–Trinajstić information content (AvgIpc) is 2.81. The molecule has 3 heteroatoms. The van der Waals surface area contributed by atoms with Crippen molar-refractivity contribution in [3.05, 3.63) is 12.7 Å². The van der Waals surface area contributed by atoms with Gasteiger partial charge in [0.2, 0.25) is 0 Å². The van der Waals surface area contributed by atoms with Crippen LogP contribution in [0.25, 0.3) is 0 Å². The molecule has 1 aliphatic rings. The molecule has 0 radical (unpaired) electrons. The van der Waals surface area contributed by atoms with E-state index in [0.29, 0.717) is 13.0 Å². The highest BCUT2D eigenvalue weighted by Gasteiger charge is 2.23. The van der Waals surface area contributed by atoms with E-state index in [1.165, 1.54) is 0 Å². The van der Waals surface area contributed by atoms with Gasteiger partial charge in [0.05, 0.1) is 25.9 Å². The molecule has 2 unspecified atom stereocenters. The standard InChI is InChI=1S/C8H14O3/c1-2-3-7(4-9)10-5-8-6-11-8/h2,7-9H,1,3-6H2. The molecule has 1 N–H and O–H groups in total. The monoisotopic (exact) mass is 158 g/mol. The normalized spacial score (nSPS) is 24.6. The van der Waals surface area contributed by atoms with E-state index in [9.17, 15) is 0 Å². The van der Waals surface area contributed by atoms with Crippen molar-refractivity contribution in [1.82, 2.24) is 0 Å². The fourth-order valence-corrected chi connectivity index (χ4v) is 0.789. The van der Waals surface area contributed by atoms with Crippen molar-refractivity contribution in [2.24, 2.45) is 0 Å². The molecular weight excluding hydrogens is 144 g/mol. The first-order valence-electron chi connectivity index (χ1n) is 3.81. The van der Waals surface area contributed by atoms with Crippen LogP contribution in [0.2, 0.25) is 0 Å². The Hall–Kier alpha value is -0.380. The summed E-state index contributed by atoms with van der Waals surface area (Å²) in [6.45, 7) is 5.02. The summed E-state index contributed by atoms with van der Waals surface area (Å²) in [6.07, 6.45) is 2.61. The molecule has 11 heavy (non-hydrogen) atoms. The zero-order valence-electron chi connectivity index (χ0n) is 6.53. The van der Waals surface area contributed by atoms with Crippen LogP contribution in [0.15, 0.2) is 12.7 Å². The molecule has 0 saturated carbocycles. The maximum absolute atomic E-state index is 8.78. The largest absolute Gasteiger partial charge is 0.394 e. The predicted octanol–water partition coefficient (Wildman–Crippen LogP) is 0.339. The predicted molar refractivity (Wildman–Crippen MR) is 41.4 cm³/mol. The quantitative estimate of drug-likeness (QED) is 0.447. The first-order valence-corrected chi connectivity index (χ1v) is 3.81. The van der Waals surface area contributed by atoms with E-state index in [0.717, 1.165) is 6.61 Å². The van der Waals surface area contributed by atoms with E-state index in [1.54, 1.807) is 6.08 Å². The Balaban J connectivity index is 2.03. The molecule has 1 rings (SSSR count). The smallest absolute Gasteiger partial charge is 0.104 e. The van der Waals surface area contributed by atoms with Crippen molar-refractivity contribution in [2.45, 2.75) is 18.6 Å². The first kappa shape index (κ1) is 8.71. The highest BCUT2D eigenvalue weighted by Crippen LogP contribution is 2.10. The third kappa shape index (κ3) is 3.51. The first-order chi connectivity index (χ1) is 5.36. The molecule has 0 amide bonds. The molecule has 2 atom stereocenters. The summed E-state index contributed by atoms with van der Waals surface area (Å²) in [5.41, 5.74) is 0. The summed E-state index contributed by atoms with van der Waals surface area (Å²) >= 11 is 0. The van der Waals surface area contributed by atoms with Crippen LogP contribution in [0.1, 0.15) is 6.42 Å². The van der Waals surface area contributed by atoms with E-state index in [-0.39, 0.29) is 18.8 Å². The van der Waals surface area contributed by atoms with Crippen molar-refractivity contribution in [3.63, 3.8) is 0 Å². The fraction of sp³-hybridized carbons (Fsp3) is 0.750. The van der Waals surface area contributed by atoms with Gasteiger partial charge in [-0.3, -0.25) is 0 Å². The highest BCUT2D eigenvalue weighted by atomic mass is 16.6. The van der Waals surface area contributed by atoms with Crippen LogP contribution in [0.4, 0.5) is 0 Å². The van der Waals surface area contributed by atoms with E-state index < -0.39 is 0 Å². The Morgan fingerprint density at radius 1 is 1.82 bits per heavy atom. The maximum Gasteiger partial charge on any atom is 0.104 e. The SMILES string of the molecule is C=CCC(CO)OCC1CO1. The zero-order valence-corrected chi connectivity index (χ0v) is 6.53. The number of ether oxygens (including phenoxy) is 2. The van der Waals surface area contributed by atoms with Crippen LogP contribution < -0.4 is 0 Å². The summed E-state index contributed by atoms with van der Waals surface area (Å²) in [5.74, 6) is 0. The van der Waals surface area contributed by atoms with Crippen molar-refractivity contribution in [1.29, 1.82) is 0 Å². The van der Waals surface area contributed by atoms with Gasteiger partial charge in [0.15, 0.2) is 0 Å². The lowest BCUT2D eigenvalue weighted by Gasteiger charge is -2.11. The zero-order chi connectivity index (χ0) is 8.10. The second-order valence-electron chi connectivity index (χ2n) is 2.62. The second kappa shape index (κ2) is 4.49. The molecule has 0 spiro atoms. The number of rotatable bonds is 6. The Bertz CT molecular complexity index is 121. The summed E-state index contributed by atoms with van der Waals surface area (Å²) < 4.78 is 10.3. The van der Waals surface area contributed by atoms with Crippen LogP contribution in [0.5, 0.6) is 0 Å². The van der Waals surface area contributed by atoms with Gasteiger partial charge in [-0.15, -0.1) is 6.58 Å². The number of aliphatic hydroxyl groups excluding tert-OH is 1. The topological polar surface area (TPSA) is 42.0 Å². The summed E-state index contributed by atoms with van der Waals surface area (Å²) in [4.78, 5) is 0. The Labute approximate surface area is 66.6 Å². The van der Waals surface area contributed by atoms with Gasteiger partial charge < -0.3 is 14.6 Å². The summed E-state index contributed by atoms with van der Waals surface area (Å²) in [6, 6.07) is 0. The van der Waals surface area contributed by atoms with E-state index >= 15 is 0 Å². The Morgan fingerprint density at radius 3 is 3.00 bits per heavy atom. The lowest BCUT2D eigenvalue weighted by molar-refractivity contribution is 0.00805. The van der Waals surface area contributed by atoms with Gasteiger partial charge in [0.1, 0.15) is 6.10 Å². The summed E-state index contributed by atoms with van der Waals surface area (Å²) in [5, 5.41) is 8.78. The summed E-state index contributed by atoms with van der Waals surface area (Å²) in [7, 11) is 0. The molecule has 1 fully saturated rings. The Kier molecular flexibility index (Phi) is 3.56. The molecule has 0 aromatic rings. The lowest BCUT2D eigenvalue weighted by Crippen LogP contribution is -2.19. The van der Waals surface area contributed by atoms with Crippen molar-refractivity contribution < 1.29 is 14.6 Å². The van der Waals surface area contributed by atoms with E-state index in [2.05, 4.69) is 6.58 Å². The minimum Gasteiger partial charge on any atom is -0.394 e. The molecule has 0 aromatic heterocycles. The molecule has 0 aromatic carbocycles. The highest BCUT2D eigenvalue weighted by molar-refractivity contribution is 4.75. The van der Waals surface area contributed by atoms with Gasteiger partial charge >= 0.3 is 0 Å². The molecule has 3 nitrogen and oxygen atoms in total. The number of epoxide rings is 1. The minimum absolute atomic E-state index is 0.0543. The van der Waals surface area contributed by atoms with Crippen LogP contribution in [-0.2, 0) is 9.47 Å². The number of hydrogen-bond acceptors (Lipinski definition) is 3. The third-order valence-corrected chi connectivity index (χ3v) is 1.55. The van der Waals surface area contributed by atoms with Gasteiger partial charge in [0.25, 0.3) is 0 Å². The second-order valence-corrected chi connectivity index (χ2v) is 2.62. The van der Waals surface area contributed by atoms with Gasteiger partial charge in [-0.25, -0.2) is 0 Å². The van der Waals surface area contributed by atoms with E-state index in [1.807, 2.05) is 0 Å². The van der Waals surface area contributed by atoms with Crippen LogP contribution in [0.3, 0.4) is 0 Å². The average molecular weight is 158 g/mol. The molecule has 0 bridgehead atoms. The van der Waals surface area contributed by atoms with Gasteiger partial charge in [-0.1, -0.05) is 6.08 Å². The number of aliphatic hydroxyl groups is 1. The molecule has 1 heterocycles. The van der Waals surface area contributed by atoms with Crippen molar-refractivity contribution in [2.75, 3.05) is 19.8 Å². The van der Waals surface area contributed by atoms with Gasteiger partial charge in [-0.05, 0) is 6.42 Å². The van der Waals surface area contributed by atoms with Crippen LogP contribution in [-0.4, -0.2) is 37.1 Å². The molecule has 1 aliphatic heterocycles. The van der Waals surface area contributed by atoms with E-state index in [4.69, 9.17) is 14.6 Å².